The number of aromatic nitrogens is 1. The van der Waals surface area contributed by atoms with Gasteiger partial charge in [0.25, 0.3) is 5.91 Å². The van der Waals surface area contributed by atoms with Crippen LogP contribution in [0.15, 0.2) is 54.6 Å². The molecule has 2 aromatic carbocycles. The molecular formula is C21H24N2O2. The second-order valence-corrected chi connectivity index (χ2v) is 6.42. The van der Waals surface area contributed by atoms with Crippen LogP contribution in [0, 0.1) is 6.92 Å². The van der Waals surface area contributed by atoms with Crippen LogP contribution in [0.1, 0.15) is 21.6 Å². The molecule has 4 heteroatoms. The predicted octanol–water partition coefficient (Wildman–Crippen LogP) is 3.47. The van der Waals surface area contributed by atoms with Crippen LogP contribution in [0.2, 0.25) is 0 Å². The fourth-order valence-corrected chi connectivity index (χ4v) is 3.35. The fraction of sp³-hybridized carbons (Fsp3) is 0.286. The number of nitrogens with one attached hydrogen (secondary N) is 1. The lowest BCUT2D eigenvalue weighted by Crippen LogP contribution is -2.40. The van der Waals surface area contributed by atoms with Crippen LogP contribution in [-0.4, -0.2) is 30.2 Å². The van der Waals surface area contributed by atoms with Crippen molar-refractivity contribution in [1.82, 2.24) is 9.88 Å². The molecule has 1 N–H and O–H groups in total. The zero-order chi connectivity index (χ0) is 17.8. The Kier molecular flexibility index (Phi) is 5.19. The fourth-order valence-electron chi connectivity index (χ4n) is 3.35. The minimum absolute atomic E-state index is 0.0704. The van der Waals surface area contributed by atoms with E-state index < -0.39 is 0 Å². The average Bonchev–Trinajstić information content (AvgIpc) is 2.94. The maximum Gasteiger partial charge on any atom is 0.268 e. The summed E-state index contributed by atoms with van der Waals surface area (Å²) in [5.41, 5.74) is 4.10. The molecule has 3 aromatic rings. The number of carbonyl (C=O) groups is 1. The number of aryl methyl sites for hydroxylation is 2. The number of rotatable bonds is 6. The first-order valence-corrected chi connectivity index (χ1v) is 8.49. The van der Waals surface area contributed by atoms with Gasteiger partial charge in [0.1, 0.15) is 5.69 Å². The van der Waals surface area contributed by atoms with Crippen LogP contribution < -0.4 is 5.32 Å². The van der Waals surface area contributed by atoms with Gasteiger partial charge in [-0.3, -0.25) is 4.79 Å². The maximum atomic E-state index is 12.8. The molecular weight excluding hydrogens is 312 g/mol. The molecule has 0 saturated carbocycles. The molecule has 4 nitrogen and oxygen atoms in total. The van der Waals surface area contributed by atoms with E-state index in [4.69, 9.17) is 4.74 Å². The average molecular weight is 336 g/mol. The van der Waals surface area contributed by atoms with Gasteiger partial charge >= 0.3 is 0 Å². The summed E-state index contributed by atoms with van der Waals surface area (Å²) in [5, 5.41) is 4.20. The molecule has 0 spiro atoms. The lowest BCUT2D eigenvalue weighted by atomic mass is 10.1. The predicted molar refractivity (Wildman–Crippen MR) is 101 cm³/mol. The largest absolute Gasteiger partial charge is 0.383 e. The third-order valence-electron chi connectivity index (χ3n) is 4.52. The monoisotopic (exact) mass is 336 g/mol. The number of hydrogen-bond donors (Lipinski definition) is 1. The highest BCUT2D eigenvalue weighted by Gasteiger charge is 2.18. The highest BCUT2D eigenvalue weighted by atomic mass is 16.5. The van der Waals surface area contributed by atoms with Crippen molar-refractivity contribution in [1.29, 1.82) is 0 Å². The smallest absolute Gasteiger partial charge is 0.268 e. The van der Waals surface area contributed by atoms with Gasteiger partial charge in [-0.05, 0) is 30.5 Å². The summed E-state index contributed by atoms with van der Waals surface area (Å²) in [7, 11) is 3.59. The van der Waals surface area contributed by atoms with E-state index in [1.807, 2.05) is 48.0 Å². The molecule has 25 heavy (non-hydrogen) atoms. The zero-order valence-corrected chi connectivity index (χ0v) is 15.0. The van der Waals surface area contributed by atoms with Crippen molar-refractivity contribution in [2.24, 2.45) is 7.05 Å². The van der Waals surface area contributed by atoms with Crippen molar-refractivity contribution in [3.8, 4) is 0 Å². The van der Waals surface area contributed by atoms with Crippen LogP contribution in [0.5, 0.6) is 0 Å². The molecule has 0 saturated heterocycles. The van der Waals surface area contributed by atoms with Crippen molar-refractivity contribution in [2.45, 2.75) is 19.4 Å². The van der Waals surface area contributed by atoms with Crippen molar-refractivity contribution in [2.75, 3.05) is 13.7 Å². The highest BCUT2D eigenvalue weighted by Crippen LogP contribution is 2.22. The summed E-state index contributed by atoms with van der Waals surface area (Å²) in [6.07, 6.45) is 0.739. The van der Waals surface area contributed by atoms with Gasteiger partial charge in [-0.15, -0.1) is 0 Å². The SMILES string of the molecule is COC[C@H](Cc1ccccc1)NC(=O)c1cc2cccc(C)c2n1C. The van der Waals surface area contributed by atoms with Crippen LogP contribution in [0.25, 0.3) is 10.9 Å². The Morgan fingerprint density at radius 1 is 1.16 bits per heavy atom. The Bertz CT molecular complexity index is 868. The standard InChI is InChI=1S/C21H24N2O2/c1-15-8-7-11-17-13-19(23(2)20(15)17)21(24)22-18(14-25-3)12-16-9-5-4-6-10-16/h4-11,13,18H,12,14H2,1-3H3,(H,22,24)/t18-/m0/s1. The van der Waals surface area contributed by atoms with E-state index in [0.717, 1.165) is 22.9 Å². The summed E-state index contributed by atoms with van der Waals surface area (Å²) in [4.78, 5) is 12.8. The van der Waals surface area contributed by atoms with Gasteiger partial charge in [0.05, 0.1) is 18.2 Å². The molecule has 130 valence electrons. The van der Waals surface area contributed by atoms with E-state index in [0.29, 0.717) is 12.3 Å². The molecule has 0 aliphatic heterocycles. The number of ether oxygens (including phenoxy) is 1. The van der Waals surface area contributed by atoms with Gasteiger partial charge in [-0.1, -0.05) is 48.5 Å². The number of para-hydroxylation sites is 1. The molecule has 1 atom stereocenters. The zero-order valence-electron chi connectivity index (χ0n) is 15.0. The Hall–Kier alpha value is -2.59. The molecule has 0 fully saturated rings. The minimum Gasteiger partial charge on any atom is -0.383 e. The van der Waals surface area contributed by atoms with Crippen LogP contribution in [-0.2, 0) is 18.2 Å². The van der Waals surface area contributed by atoms with Crippen molar-refractivity contribution in [3.63, 3.8) is 0 Å². The normalized spacial score (nSPS) is 12.3. The number of amides is 1. The van der Waals surface area contributed by atoms with E-state index in [1.54, 1.807) is 7.11 Å². The molecule has 0 unspecified atom stereocenters. The first kappa shape index (κ1) is 17.2. The lowest BCUT2D eigenvalue weighted by molar-refractivity contribution is 0.0889. The van der Waals surface area contributed by atoms with Gasteiger partial charge in [0, 0.05) is 19.5 Å². The van der Waals surface area contributed by atoms with Crippen molar-refractivity contribution >= 4 is 16.8 Å². The van der Waals surface area contributed by atoms with Crippen molar-refractivity contribution < 1.29 is 9.53 Å². The van der Waals surface area contributed by atoms with Gasteiger partial charge in [-0.2, -0.15) is 0 Å². The number of benzene rings is 2. The second-order valence-electron chi connectivity index (χ2n) is 6.42. The molecule has 1 aromatic heterocycles. The number of hydrogen-bond acceptors (Lipinski definition) is 2. The molecule has 0 aliphatic carbocycles. The van der Waals surface area contributed by atoms with Gasteiger partial charge in [0.15, 0.2) is 0 Å². The number of fused-ring (bicyclic) bond motifs is 1. The van der Waals surface area contributed by atoms with Gasteiger partial charge < -0.3 is 14.6 Å². The van der Waals surface area contributed by atoms with E-state index in [-0.39, 0.29) is 11.9 Å². The Labute approximate surface area is 148 Å². The third-order valence-corrected chi connectivity index (χ3v) is 4.52. The second kappa shape index (κ2) is 7.53. The quantitative estimate of drug-likeness (QED) is 0.749. The van der Waals surface area contributed by atoms with E-state index >= 15 is 0 Å². The molecule has 0 aliphatic rings. The van der Waals surface area contributed by atoms with Crippen molar-refractivity contribution in [3.05, 3.63) is 71.4 Å². The number of methoxy groups -OCH3 is 1. The van der Waals surface area contributed by atoms with E-state index in [1.165, 1.54) is 5.56 Å². The van der Waals surface area contributed by atoms with Gasteiger partial charge in [-0.25, -0.2) is 0 Å². The van der Waals surface area contributed by atoms with Gasteiger partial charge in [0.2, 0.25) is 0 Å². The molecule has 0 radical (unpaired) electrons. The lowest BCUT2D eigenvalue weighted by Gasteiger charge is -2.18. The Balaban J connectivity index is 1.82. The molecule has 1 heterocycles. The minimum atomic E-state index is -0.0731. The molecule has 3 rings (SSSR count). The van der Waals surface area contributed by atoms with Crippen LogP contribution >= 0.6 is 0 Å². The maximum absolute atomic E-state index is 12.8. The molecule has 1 amide bonds. The topological polar surface area (TPSA) is 43.3 Å². The Morgan fingerprint density at radius 3 is 2.60 bits per heavy atom. The highest BCUT2D eigenvalue weighted by molar-refractivity contribution is 5.99. The summed E-state index contributed by atoms with van der Waals surface area (Å²) in [6.45, 7) is 2.54. The summed E-state index contributed by atoms with van der Waals surface area (Å²) >= 11 is 0. The van der Waals surface area contributed by atoms with Crippen LogP contribution in [0.4, 0.5) is 0 Å². The van der Waals surface area contributed by atoms with E-state index in [9.17, 15) is 4.79 Å². The van der Waals surface area contributed by atoms with E-state index in [2.05, 4.69) is 30.4 Å². The first-order valence-electron chi connectivity index (χ1n) is 8.49. The third kappa shape index (κ3) is 3.74. The summed E-state index contributed by atoms with van der Waals surface area (Å²) < 4.78 is 7.26. The van der Waals surface area contributed by atoms with Crippen LogP contribution in [0.3, 0.4) is 0 Å². The Morgan fingerprint density at radius 2 is 1.92 bits per heavy atom. The summed E-state index contributed by atoms with van der Waals surface area (Å²) in [6, 6.07) is 18.1. The first-order chi connectivity index (χ1) is 12.1. The number of carbonyl (C=O) groups excluding carboxylic acids is 1. The molecule has 0 bridgehead atoms. The number of nitrogens with zero attached hydrogens (tertiary/aromatic N) is 1. The summed E-state index contributed by atoms with van der Waals surface area (Å²) in [5.74, 6) is -0.0731.